The highest BCUT2D eigenvalue weighted by atomic mass is 32.2. The van der Waals surface area contributed by atoms with Crippen molar-refractivity contribution in [2.75, 3.05) is 5.75 Å². The number of hydrogen-bond acceptors (Lipinski definition) is 5. The minimum Gasteiger partial charge on any atom is -0.285 e. The molecular weight excluding hydrogens is 296 g/mol. The van der Waals surface area contributed by atoms with E-state index in [1.54, 1.807) is 23.5 Å². The first kappa shape index (κ1) is 14.5. The molecule has 0 radical (unpaired) electrons. The maximum Gasteiger partial charge on any atom is 0.239 e. The monoisotopic (exact) mass is 310 g/mol. The van der Waals surface area contributed by atoms with Crippen LogP contribution in [-0.4, -0.2) is 32.9 Å². The summed E-state index contributed by atoms with van der Waals surface area (Å²) in [6.45, 7) is 0.522. The summed E-state index contributed by atoms with van der Waals surface area (Å²) in [5.41, 5.74) is 1.94. The Morgan fingerprint density at radius 1 is 1.23 bits per heavy atom. The molecule has 2 heterocycles. The summed E-state index contributed by atoms with van der Waals surface area (Å²) in [5, 5.41) is 8.86. The molecule has 0 spiro atoms. The van der Waals surface area contributed by atoms with Crippen LogP contribution in [0.3, 0.4) is 0 Å². The van der Waals surface area contributed by atoms with Gasteiger partial charge in [-0.3, -0.25) is 14.7 Å². The Hall–Kier alpha value is -2.47. The van der Waals surface area contributed by atoms with Gasteiger partial charge in [0.25, 0.3) is 0 Å². The lowest BCUT2D eigenvalue weighted by atomic mass is 10.2. The van der Waals surface area contributed by atoms with Crippen molar-refractivity contribution in [3.8, 4) is 0 Å². The molecule has 0 aliphatic carbocycles. The molecule has 110 valence electrons. The third kappa shape index (κ3) is 3.59. The van der Waals surface area contributed by atoms with Crippen LogP contribution in [0.4, 0.5) is 0 Å². The third-order valence-corrected chi connectivity index (χ3v) is 4.03. The molecule has 1 aromatic carbocycles. The topological polar surface area (TPSA) is 57.9 Å². The standard InChI is InChI=1S/C16H14N4OS/c21-15-12-22-16(19-18-10-14-7-4-8-17-9-14)20(15)11-13-5-2-1-3-6-13/h1-10H,11-12H2/b18-10-,19-16+. The average Bonchev–Trinajstić information content (AvgIpc) is 2.90. The zero-order valence-electron chi connectivity index (χ0n) is 11.8. The van der Waals surface area contributed by atoms with Gasteiger partial charge in [0.05, 0.1) is 18.5 Å². The van der Waals surface area contributed by atoms with Crippen LogP contribution in [0.5, 0.6) is 0 Å². The van der Waals surface area contributed by atoms with Gasteiger partial charge in [0.15, 0.2) is 5.17 Å². The quantitative estimate of drug-likeness (QED) is 0.644. The summed E-state index contributed by atoms with van der Waals surface area (Å²) >= 11 is 1.41. The van der Waals surface area contributed by atoms with Crippen LogP contribution in [0.15, 0.2) is 65.1 Å². The van der Waals surface area contributed by atoms with E-state index in [0.717, 1.165) is 11.1 Å². The van der Waals surface area contributed by atoms with Crippen molar-refractivity contribution in [3.63, 3.8) is 0 Å². The molecule has 3 rings (SSSR count). The number of hydrogen-bond donors (Lipinski definition) is 0. The minimum atomic E-state index is 0.0594. The number of amides is 1. The number of benzene rings is 1. The molecule has 1 fully saturated rings. The van der Waals surface area contributed by atoms with E-state index in [1.165, 1.54) is 11.8 Å². The highest BCUT2D eigenvalue weighted by Crippen LogP contribution is 2.21. The number of amidine groups is 1. The fraction of sp³-hybridized carbons (Fsp3) is 0.125. The smallest absolute Gasteiger partial charge is 0.239 e. The molecule has 0 saturated carbocycles. The van der Waals surface area contributed by atoms with Crippen molar-refractivity contribution >= 4 is 29.1 Å². The molecule has 22 heavy (non-hydrogen) atoms. The molecule has 0 N–H and O–H groups in total. The summed E-state index contributed by atoms with van der Waals surface area (Å²) in [6.07, 6.45) is 5.04. The molecule has 6 heteroatoms. The molecule has 0 atom stereocenters. The number of pyridine rings is 1. The number of thioether (sulfide) groups is 1. The molecular formula is C16H14N4OS. The van der Waals surface area contributed by atoms with Gasteiger partial charge in [0, 0.05) is 18.0 Å². The van der Waals surface area contributed by atoms with E-state index >= 15 is 0 Å². The predicted molar refractivity (Wildman–Crippen MR) is 88.7 cm³/mol. The van der Waals surface area contributed by atoms with Crippen molar-refractivity contribution in [1.82, 2.24) is 9.88 Å². The first-order valence-corrected chi connectivity index (χ1v) is 7.79. The number of carbonyl (C=O) groups excluding carboxylic acids is 1. The molecule has 1 aliphatic heterocycles. The SMILES string of the molecule is O=C1CS/C(=N/N=C\c2cccnc2)N1Cc1ccccc1. The van der Waals surface area contributed by atoms with Crippen molar-refractivity contribution in [2.45, 2.75) is 6.54 Å². The van der Waals surface area contributed by atoms with E-state index in [-0.39, 0.29) is 5.91 Å². The maximum atomic E-state index is 12.0. The van der Waals surface area contributed by atoms with Crippen molar-refractivity contribution in [3.05, 3.63) is 66.0 Å². The molecule has 2 aromatic rings. The maximum absolute atomic E-state index is 12.0. The lowest BCUT2D eigenvalue weighted by Gasteiger charge is -2.14. The zero-order valence-corrected chi connectivity index (χ0v) is 12.6. The Morgan fingerprint density at radius 2 is 2.09 bits per heavy atom. The summed E-state index contributed by atoms with van der Waals surface area (Å²) in [4.78, 5) is 17.7. The summed E-state index contributed by atoms with van der Waals surface area (Å²) in [6, 6.07) is 13.6. The van der Waals surface area contributed by atoms with E-state index in [2.05, 4.69) is 15.2 Å². The predicted octanol–water partition coefficient (Wildman–Crippen LogP) is 2.55. The lowest BCUT2D eigenvalue weighted by molar-refractivity contribution is -0.124. The Labute approximate surface area is 132 Å². The van der Waals surface area contributed by atoms with Crippen LogP contribution >= 0.6 is 11.8 Å². The second-order valence-electron chi connectivity index (χ2n) is 4.67. The molecule has 1 aliphatic rings. The fourth-order valence-corrected chi connectivity index (χ4v) is 2.83. The van der Waals surface area contributed by atoms with Gasteiger partial charge in [0.1, 0.15) is 0 Å². The van der Waals surface area contributed by atoms with E-state index < -0.39 is 0 Å². The van der Waals surface area contributed by atoms with Crippen LogP contribution in [0, 0.1) is 0 Å². The van der Waals surface area contributed by atoms with Gasteiger partial charge >= 0.3 is 0 Å². The molecule has 5 nitrogen and oxygen atoms in total. The van der Waals surface area contributed by atoms with E-state index in [4.69, 9.17) is 0 Å². The number of nitrogens with zero attached hydrogens (tertiary/aromatic N) is 4. The van der Waals surface area contributed by atoms with Gasteiger partial charge < -0.3 is 0 Å². The van der Waals surface area contributed by atoms with Gasteiger partial charge in [-0.1, -0.05) is 48.2 Å². The van der Waals surface area contributed by atoms with Gasteiger partial charge in [-0.2, -0.15) is 5.10 Å². The van der Waals surface area contributed by atoms with E-state index in [9.17, 15) is 4.79 Å². The van der Waals surface area contributed by atoms with Gasteiger partial charge in [-0.25, -0.2) is 0 Å². The second kappa shape index (κ2) is 7.00. The van der Waals surface area contributed by atoms with Crippen LogP contribution in [-0.2, 0) is 11.3 Å². The molecule has 1 saturated heterocycles. The number of carbonyl (C=O) groups is 1. The number of rotatable bonds is 4. The second-order valence-corrected chi connectivity index (χ2v) is 5.61. The Balaban J connectivity index is 1.73. The Bertz CT molecular complexity index is 701. The molecule has 0 bridgehead atoms. The Kier molecular flexibility index (Phi) is 4.60. The van der Waals surface area contributed by atoms with Crippen LogP contribution in [0.1, 0.15) is 11.1 Å². The highest BCUT2D eigenvalue weighted by Gasteiger charge is 2.28. The molecule has 1 amide bonds. The lowest BCUT2D eigenvalue weighted by Crippen LogP contribution is -2.28. The first-order valence-electron chi connectivity index (χ1n) is 6.81. The van der Waals surface area contributed by atoms with Gasteiger partial charge in [0.2, 0.25) is 5.91 Å². The van der Waals surface area contributed by atoms with Crippen LogP contribution < -0.4 is 0 Å². The van der Waals surface area contributed by atoms with Crippen LogP contribution in [0.25, 0.3) is 0 Å². The normalized spacial score (nSPS) is 16.8. The van der Waals surface area contributed by atoms with Gasteiger partial charge in [-0.15, -0.1) is 5.10 Å². The largest absolute Gasteiger partial charge is 0.285 e. The van der Waals surface area contributed by atoms with Crippen LogP contribution in [0.2, 0.25) is 0 Å². The van der Waals surface area contributed by atoms with Crippen molar-refractivity contribution in [2.24, 2.45) is 10.2 Å². The van der Waals surface area contributed by atoms with Gasteiger partial charge in [-0.05, 0) is 11.6 Å². The summed E-state index contributed by atoms with van der Waals surface area (Å²) in [5.74, 6) is 0.470. The first-order chi connectivity index (χ1) is 10.8. The van der Waals surface area contributed by atoms with Crippen molar-refractivity contribution in [1.29, 1.82) is 0 Å². The molecule has 0 unspecified atom stereocenters. The Morgan fingerprint density at radius 3 is 2.86 bits per heavy atom. The zero-order chi connectivity index (χ0) is 15.2. The summed E-state index contributed by atoms with van der Waals surface area (Å²) in [7, 11) is 0. The summed E-state index contributed by atoms with van der Waals surface area (Å²) < 4.78 is 0. The highest BCUT2D eigenvalue weighted by molar-refractivity contribution is 8.15. The van der Waals surface area contributed by atoms with Crippen molar-refractivity contribution < 1.29 is 4.79 Å². The van der Waals surface area contributed by atoms with E-state index in [0.29, 0.717) is 17.5 Å². The number of aromatic nitrogens is 1. The minimum absolute atomic E-state index is 0.0594. The third-order valence-electron chi connectivity index (χ3n) is 3.07. The molecule has 1 aromatic heterocycles. The fourth-order valence-electron chi connectivity index (χ4n) is 1.99. The average molecular weight is 310 g/mol. The van der Waals surface area contributed by atoms with E-state index in [1.807, 2.05) is 42.5 Å².